The molecule has 0 radical (unpaired) electrons. The molecule has 5 heteroatoms. The van der Waals surface area contributed by atoms with E-state index in [0.29, 0.717) is 12.0 Å². The van der Waals surface area contributed by atoms with Gasteiger partial charge in [-0.1, -0.05) is 78.9 Å². The van der Waals surface area contributed by atoms with Gasteiger partial charge in [0.1, 0.15) is 5.82 Å². The number of aromatic nitrogens is 1. The molecule has 0 aliphatic heterocycles. The van der Waals surface area contributed by atoms with E-state index in [1.807, 2.05) is 55.5 Å². The van der Waals surface area contributed by atoms with Crippen LogP contribution in [0.2, 0.25) is 0 Å². The summed E-state index contributed by atoms with van der Waals surface area (Å²) in [6, 6.07) is 32.0. The monoisotopic (exact) mass is 481 g/mol. The molecule has 35 heavy (non-hydrogen) atoms. The number of H-pyrrole nitrogens is 1. The number of nitrogens with one attached hydrogen (secondary N) is 1. The number of hydrogen-bond donors (Lipinski definition) is 1. The fraction of sp³-hybridized carbons (Fsp3) is 0.0667. The van der Waals surface area contributed by atoms with Crippen molar-refractivity contribution in [2.75, 3.05) is 0 Å². The first-order chi connectivity index (χ1) is 16.9. The summed E-state index contributed by atoms with van der Waals surface area (Å²) in [5.41, 5.74) is 6.08. The molecule has 3 nitrogen and oxygen atoms in total. The average Bonchev–Trinajstić information content (AvgIpc) is 3.21. The fourth-order valence-electron chi connectivity index (χ4n) is 4.50. The maximum atomic E-state index is 14.1. The van der Waals surface area contributed by atoms with Crippen LogP contribution in [0, 0.1) is 12.7 Å². The number of halogens is 1. The number of benzene rings is 4. The van der Waals surface area contributed by atoms with Gasteiger partial charge in [-0.05, 0) is 53.9 Å². The van der Waals surface area contributed by atoms with Gasteiger partial charge in [-0.3, -0.25) is 0 Å². The smallest absolute Gasteiger partial charge is 0.206 e. The molecule has 0 atom stereocenters. The lowest BCUT2D eigenvalue weighted by Crippen LogP contribution is -2.06. The van der Waals surface area contributed by atoms with Gasteiger partial charge in [-0.2, -0.15) is 0 Å². The molecule has 0 bridgehead atoms. The topological polar surface area (TPSA) is 49.9 Å². The van der Waals surface area contributed by atoms with E-state index in [2.05, 4.69) is 4.98 Å². The predicted molar refractivity (Wildman–Crippen MR) is 138 cm³/mol. The van der Waals surface area contributed by atoms with E-state index in [1.54, 1.807) is 48.5 Å². The molecular formula is C30H24FNO2S. The molecule has 0 spiro atoms. The lowest BCUT2D eigenvalue weighted by molar-refractivity contribution is 0.595. The van der Waals surface area contributed by atoms with Gasteiger partial charge in [0.05, 0.1) is 15.5 Å². The Balaban J connectivity index is 1.68. The molecule has 1 aromatic heterocycles. The Hall–Kier alpha value is -3.96. The first-order valence-corrected chi connectivity index (χ1v) is 12.8. The largest absolute Gasteiger partial charge is 0.358 e. The second-order valence-corrected chi connectivity index (χ2v) is 10.4. The summed E-state index contributed by atoms with van der Waals surface area (Å²) in [6.07, 6.45) is 0.407. The van der Waals surface area contributed by atoms with E-state index in [9.17, 15) is 12.8 Å². The van der Waals surface area contributed by atoms with Crippen LogP contribution in [0.15, 0.2) is 119 Å². The summed E-state index contributed by atoms with van der Waals surface area (Å²) in [7, 11) is -3.69. The molecule has 0 unspecified atom stereocenters. The van der Waals surface area contributed by atoms with Gasteiger partial charge in [0, 0.05) is 23.2 Å². The summed E-state index contributed by atoms with van der Waals surface area (Å²) in [5.74, 6) is -0.311. The Bertz CT molecular complexity index is 1590. The van der Waals surface area contributed by atoms with E-state index in [1.165, 1.54) is 12.1 Å². The predicted octanol–water partition coefficient (Wildman–Crippen LogP) is 7.22. The first kappa shape index (κ1) is 22.8. The van der Waals surface area contributed by atoms with E-state index < -0.39 is 9.84 Å². The third-order valence-electron chi connectivity index (χ3n) is 6.18. The molecule has 0 amide bonds. The van der Waals surface area contributed by atoms with Crippen molar-refractivity contribution in [3.05, 3.63) is 132 Å². The van der Waals surface area contributed by atoms with E-state index in [4.69, 9.17) is 0 Å². The minimum atomic E-state index is -3.69. The summed E-state index contributed by atoms with van der Waals surface area (Å²) < 4.78 is 41.1. The standard InChI is InChI=1S/C30H24FNO2S/c1-21-27(20-23-13-8-9-18-28(23)35(33,34)26-16-6-3-7-17-26)29(22-11-4-2-5-12-22)30(32-21)24-14-10-15-25(31)19-24/h2-19,32H,20H2,1H3. The third kappa shape index (κ3) is 4.43. The molecular weight excluding hydrogens is 457 g/mol. The normalized spacial score (nSPS) is 11.5. The Kier molecular flexibility index (Phi) is 6.10. The number of rotatable bonds is 6. The zero-order valence-electron chi connectivity index (χ0n) is 19.2. The van der Waals surface area contributed by atoms with Crippen LogP contribution in [0.3, 0.4) is 0 Å². The highest BCUT2D eigenvalue weighted by Crippen LogP contribution is 2.39. The Morgan fingerprint density at radius 1 is 0.743 bits per heavy atom. The van der Waals surface area contributed by atoms with Crippen molar-refractivity contribution >= 4 is 9.84 Å². The summed E-state index contributed by atoms with van der Waals surface area (Å²) in [5, 5.41) is 0. The Morgan fingerprint density at radius 2 is 1.37 bits per heavy atom. The number of hydrogen-bond acceptors (Lipinski definition) is 2. The van der Waals surface area contributed by atoms with E-state index >= 15 is 0 Å². The van der Waals surface area contributed by atoms with Crippen molar-refractivity contribution in [1.29, 1.82) is 0 Å². The minimum Gasteiger partial charge on any atom is -0.358 e. The van der Waals surface area contributed by atoms with Crippen molar-refractivity contribution in [2.45, 2.75) is 23.1 Å². The molecule has 0 aliphatic carbocycles. The van der Waals surface area contributed by atoms with Crippen molar-refractivity contribution < 1.29 is 12.8 Å². The van der Waals surface area contributed by atoms with Crippen LogP contribution in [-0.4, -0.2) is 13.4 Å². The summed E-state index contributed by atoms with van der Waals surface area (Å²) >= 11 is 0. The molecule has 0 saturated heterocycles. The lowest BCUT2D eigenvalue weighted by Gasteiger charge is -2.13. The number of sulfone groups is 1. The van der Waals surface area contributed by atoms with Gasteiger partial charge in [-0.25, -0.2) is 12.8 Å². The number of aromatic amines is 1. The highest BCUT2D eigenvalue weighted by Gasteiger charge is 2.24. The quantitative estimate of drug-likeness (QED) is 0.278. The molecule has 1 N–H and O–H groups in total. The van der Waals surface area contributed by atoms with Crippen LogP contribution in [-0.2, 0) is 16.3 Å². The van der Waals surface area contributed by atoms with Gasteiger partial charge >= 0.3 is 0 Å². The molecule has 5 rings (SSSR count). The number of aryl methyl sites for hydroxylation is 1. The van der Waals surface area contributed by atoms with Crippen LogP contribution in [0.1, 0.15) is 16.8 Å². The van der Waals surface area contributed by atoms with Gasteiger partial charge in [0.25, 0.3) is 0 Å². The van der Waals surface area contributed by atoms with Crippen molar-refractivity contribution in [3.63, 3.8) is 0 Å². The van der Waals surface area contributed by atoms with Crippen LogP contribution in [0.25, 0.3) is 22.4 Å². The third-order valence-corrected chi connectivity index (χ3v) is 8.05. The molecule has 174 valence electrons. The highest BCUT2D eigenvalue weighted by molar-refractivity contribution is 7.91. The molecule has 5 aromatic rings. The van der Waals surface area contributed by atoms with Crippen LogP contribution in [0.4, 0.5) is 4.39 Å². The van der Waals surface area contributed by atoms with E-state index in [-0.39, 0.29) is 15.6 Å². The van der Waals surface area contributed by atoms with Gasteiger partial charge in [0.15, 0.2) is 0 Å². The first-order valence-electron chi connectivity index (χ1n) is 11.4. The summed E-state index contributed by atoms with van der Waals surface area (Å²) in [4.78, 5) is 4.00. The maximum Gasteiger partial charge on any atom is 0.206 e. The van der Waals surface area contributed by atoms with Crippen molar-refractivity contribution in [1.82, 2.24) is 4.98 Å². The van der Waals surface area contributed by atoms with Gasteiger partial charge in [0.2, 0.25) is 9.84 Å². The zero-order chi connectivity index (χ0) is 24.4. The Labute approximate surface area is 204 Å². The highest BCUT2D eigenvalue weighted by atomic mass is 32.2. The molecule has 0 aliphatic rings. The van der Waals surface area contributed by atoms with E-state index in [0.717, 1.165) is 33.6 Å². The van der Waals surface area contributed by atoms with Gasteiger partial charge < -0.3 is 4.98 Å². The van der Waals surface area contributed by atoms with Crippen molar-refractivity contribution in [3.8, 4) is 22.4 Å². The molecule has 0 fully saturated rings. The lowest BCUT2D eigenvalue weighted by atomic mass is 9.93. The second-order valence-electron chi connectivity index (χ2n) is 8.46. The maximum absolute atomic E-state index is 14.1. The van der Waals surface area contributed by atoms with Crippen LogP contribution in [0.5, 0.6) is 0 Å². The zero-order valence-corrected chi connectivity index (χ0v) is 20.0. The van der Waals surface area contributed by atoms with Gasteiger partial charge in [-0.15, -0.1) is 0 Å². The van der Waals surface area contributed by atoms with Crippen molar-refractivity contribution in [2.24, 2.45) is 0 Å². The summed E-state index contributed by atoms with van der Waals surface area (Å²) in [6.45, 7) is 1.97. The Morgan fingerprint density at radius 3 is 2.09 bits per heavy atom. The molecule has 0 saturated carbocycles. The average molecular weight is 482 g/mol. The SMILES string of the molecule is Cc1[nH]c(-c2cccc(F)c2)c(-c2ccccc2)c1Cc1ccccc1S(=O)(=O)c1ccccc1. The second kappa shape index (κ2) is 9.35. The molecule has 1 heterocycles. The fourth-order valence-corrected chi connectivity index (χ4v) is 6.01. The molecule has 4 aromatic carbocycles. The minimum absolute atomic E-state index is 0.266. The van der Waals surface area contributed by atoms with Crippen LogP contribution < -0.4 is 0 Å². The van der Waals surface area contributed by atoms with Crippen LogP contribution >= 0.6 is 0 Å².